The Hall–Kier alpha value is -4.71. The van der Waals surface area contributed by atoms with Gasteiger partial charge < -0.3 is 20.1 Å². The van der Waals surface area contributed by atoms with E-state index in [2.05, 4.69) is 42.1 Å². The summed E-state index contributed by atoms with van der Waals surface area (Å²) in [5.41, 5.74) is 8.12. The number of carbonyl (C=O) groups is 2. The monoisotopic (exact) mass is 717 g/mol. The molecule has 5 aromatic rings. The lowest BCUT2D eigenvalue weighted by atomic mass is 10.1. The van der Waals surface area contributed by atoms with Gasteiger partial charge in [-0.1, -0.05) is 41.4 Å². The average Bonchev–Trinajstić information content (AvgIpc) is 3.51. The number of benzene rings is 4. The number of aromatic nitrogens is 1. The van der Waals surface area contributed by atoms with Gasteiger partial charge in [0.1, 0.15) is 0 Å². The van der Waals surface area contributed by atoms with Crippen molar-refractivity contribution in [3.05, 3.63) is 116 Å². The highest BCUT2D eigenvalue weighted by Gasteiger charge is 2.15. The van der Waals surface area contributed by atoms with Crippen LogP contribution in [0.3, 0.4) is 0 Å². The predicted octanol–water partition coefficient (Wildman–Crippen LogP) is 8.46. The smallest absolute Gasteiger partial charge is 0.271 e. The van der Waals surface area contributed by atoms with Crippen molar-refractivity contribution in [1.29, 1.82) is 0 Å². The van der Waals surface area contributed by atoms with Crippen molar-refractivity contribution in [2.45, 2.75) is 13.8 Å². The number of hydrogen-bond acceptors (Lipinski definition) is 8. The molecule has 0 saturated heterocycles. The number of hydrazone groups is 1. The lowest BCUT2D eigenvalue weighted by Gasteiger charge is -2.14. The number of nitrogens with zero attached hydrogens (tertiary/aromatic N) is 2. The third-order valence-corrected chi connectivity index (χ3v) is 8.04. The molecule has 0 unspecified atom stereocenters. The number of aryl methyl sites for hydroxylation is 1. The minimum Gasteiger partial charge on any atom is -0.490 e. The van der Waals surface area contributed by atoms with E-state index >= 15 is 0 Å². The SMILES string of the molecule is CCOc1cc(/C=N/NC(=O)c2ccc(-c3csc(Nc4ccc(C)cc4)n3)cc2)cc(Br)c1OCC(=O)Nc1ccc(Cl)cc1. The van der Waals surface area contributed by atoms with Crippen LogP contribution in [0.1, 0.15) is 28.4 Å². The van der Waals surface area contributed by atoms with E-state index in [1.807, 2.05) is 55.6 Å². The average molecular weight is 719 g/mol. The van der Waals surface area contributed by atoms with Crippen LogP contribution in [0, 0.1) is 6.92 Å². The van der Waals surface area contributed by atoms with E-state index in [0.29, 0.717) is 44.4 Å². The second kappa shape index (κ2) is 15.5. The molecule has 0 spiro atoms. The Bertz CT molecular complexity index is 1850. The molecule has 46 heavy (non-hydrogen) atoms. The van der Waals surface area contributed by atoms with E-state index in [0.717, 1.165) is 22.1 Å². The first-order valence-corrected chi connectivity index (χ1v) is 16.2. The highest BCUT2D eigenvalue weighted by atomic mass is 79.9. The fourth-order valence-corrected chi connectivity index (χ4v) is 5.62. The van der Waals surface area contributed by atoms with Crippen LogP contribution in [-0.4, -0.2) is 36.2 Å². The maximum atomic E-state index is 12.8. The van der Waals surface area contributed by atoms with Crippen LogP contribution in [0.25, 0.3) is 11.3 Å². The van der Waals surface area contributed by atoms with Gasteiger partial charge in [-0.25, -0.2) is 10.4 Å². The summed E-state index contributed by atoms with van der Waals surface area (Å²) in [6.07, 6.45) is 1.49. The maximum absolute atomic E-state index is 12.8. The number of nitrogens with one attached hydrogen (secondary N) is 3. The normalized spacial score (nSPS) is 10.9. The number of rotatable bonds is 12. The Morgan fingerprint density at radius 3 is 2.41 bits per heavy atom. The molecule has 234 valence electrons. The zero-order valence-electron chi connectivity index (χ0n) is 24.8. The molecule has 4 aromatic carbocycles. The zero-order valence-corrected chi connectivity index (χ0v) is 28.0. The summed E-state index contributed by atoms with van der Waals surface area (Å²) in [5.74, 6) is 0.0782. The lowest BCUT2D eigenvalue weighted by Crippen LogP contribution is -2.20. The molecule has 0 fully saturated rings. The van der Waals surface area contributed by atoms with Crippen molar-refractivity contribution in [2.75, 3.05) is 23.8 Å². The molecule has 1 aromatic heterocycles. The van der Waals surface area contributed by atoms with Gasteiger partial charge in [0, 0.05) is 32.9 Å². The van der Waals surface area contributed by atoms with Crippen LogP contribution in [0.2, 0.25) is 5.02 Å². The molecule has 3 N–H and O–H groups in total. The van der Waals surface area contributed by atoms with Crippen molar-refractivity contribution >= 4 is 73.4 Å². The summed E-state index contributed by atoms with van der Waals surface area (Å²) in [6, 6.07) is 25.5. The highest BCUT2D eigenvalue weighted by molar-refractivity contribution is 9.10. The minimum atomic E-state index is -0.362. The lowest BCUT2D eigenvalue weighted by molar-refractivity contribution is -0.118. The van der Waals surface area contributed by atoms with Crippen LogP contribution in [0.4, 0.5) is 16.5 Å². The molecule has 0 bridgehead atoms. The van der Waals surface area contributed by atoms with E-state index in [4.69, 9.17) is 21.1 Å². The first-order chi connectivity index (χ1) is 22.3. The summed E-state index contributed by atoms with van der Waals surface area (Å²) in [4.78, 5) is 29.8. The molecule has 0 saturated carbocycles. The van der Waals surface area contributed by atoms with Crippen LogP contribution >= 0.6 is 38.9 Å². The number of thiazole rings is 1. The second-order valence-corrected chi connectivity index (χ2v) is 12.1. The highest BCUT2D eigenvalue weighted by Crippen LogP contribution is 2.36. The summed E-state index contributed by atoms with van der Waals surface area (Å²) in [6.45, 7) is 4.02. The maximum Gasteiger partial charge on any atom is 0.271 e. The number of ether oxygens (including phenoxy) is 2. The fraction of sp³-hybridized carbons (Fsp3) is 0.118. The van der Waals surface area contributed by atoms with Gasteiger partial charge in [0.15, 0.2) is 23.2 Å². The van der Waals surface area contributed by atoms with Gasteiger partial charge in [0.25, 0.3) is 11.8 Å². The Labute approximate surface area is 283 Å². The summed E-state index contributed by atoms with van der Waals surface area (Å²) < 4.78 is 12.1. The van der Waals surface area contributed by atoms with E-state index in [1.165, 1.54) is 23.1 Å². The van der Waals surface area contributed by atoms with Crippen molar-refractivity contribution in [3.8, 4) is 22.8 Å². The molecule has 2 amide bonds. The van der Waals surface area contributed by atoms with Crippen LogP contribution in [-0.2, 0) is 4.79 Å². The van der Waals surface area contributed by atoms with Crippen molar-refractivity contribution in [1.82, 2.24) is 10.4 Å². The van der Waals surface area contributed by atoms with E-state index in [-0.39, 0.29) is 18.4 Å². The van der Waals surface area contributed by atoms with Crippen LogP contribution < -0.4 is 25.5 Å². The number of anilines is 3. The molecule has 1 heterocycles. The van der Waals surface area contributed by atoms with Gasteiger partial charge in [-0.15, -0.1) is 11.3 Å². The van der Waals surface area contributed by atoms with Crippen molar-refractivity contribution < 1.29 is 19.1 Å². The Kier molecular flexibility index (Phi) is 11.0. The quantitative estimate of drug-likeness (QED) is 0.0882. The summed E-state index contributed by atoms with van der Waals surface area (Å²) in [7, 11) is 0. The Morgan fingerprint density at radius 2 is 1.70 bits per heavy atom. The van der Waals surface area contributed by atoms with E-state index in [1.54, 1.807) is 48.5 Å². The predicted molar refractivity (Wildman–Crippen MR) is 188 cm³/mol. The first kappa shape index (κ1) is 32.7. The summed E-state index contributed by atoms with van der Waals surface area (Å²) >= 11 is 10.9. The summed E-state index contributed by atoms with van der Waals surface area (Å²) in [5, 5.41) is 13.5. The molecular formula is C34H29BrClN5O4S. The molecular weight excluding hydrogens is 690 g/mol. The molecule has 9 nitrogen and oxygen atoms in total. The molecule has 0 atom stereocenters. The Morgan fingerprint density at radius 1 is 0.978 bits per heavy atom. The van der Waals surface area contributed by atoms with Crippen molar-refractivity contribution in [3.63, 3.8) is 0 Å². The number of amides is 2. The Balaban J connectivity index is 1.17. The third-order valence-electron chi connectivity index (χ3n) is 6.44. The molecule has 12 heteroatoms. The van der Waals surface area contributed by atoms with Gasteiger partial charge in [-0.2, -0.15) is 5.10 Å². The molecule has 0 aliphatic rings. The van der Waals surface area contributed by atoms with Gasteiger partial charge in [-0.05, 0) is 96.0 Å². The molecule has 0 aliphatic carbocycles. The van der Waals surface area contributed by atoms with Gasteiger partial charge in [0.2, 0.25) is 0 Å². The molecule has 0 aliphatic heterocycles. The van der Waals surface area contributed by atoms with Gasteiger partial charge in [-0.3, -0.25) is 9.59 Å². The zero-order chi connectivity index (χ0) is 32.5. The number of carbonyl (C=O) groups excluding carboxylic acids is 2. The van der Waals surface area contributed by atoms with E-state index in [9.17, 15) is 9.59 Å². The third kappa shape index (κ3) is 8.94. The topological polar surface area (TPSA) is 114 Å². The fourth-order valence-electron chi connectivity index (χ4n) is 4.18. The van der Waals surface area contributed by atoms with Crippen LogP contribution in [0.5, 0.6) is 11.5 Å². The number of hydrogen-bond donors (Lipinski definition) is 3. The standard InChI is InChI=1S/C34H29BrClN5O4S/c1-3-44-30-17-22(16-28(35)32(30)45-19-31(42)38-26-14-10-25(36)11-15-26)18-37-41-33(43)24-8-6-23(7-9-24)29-20-46-34(40-29)39-27-12-4-21(2)5-13-27/h4-18,20H,3,19H2,1-2H3,(H,38,42)(H,39,40)(H,41,43)/b37-18+. The van der Waals surface area contributed by atoms with Gasteiger partial charge in [0.05, 0.1) is 23.0 Å². The van der Waals surface area contributed by atoms with E-state index < -0.39 is 0 Å². The number of halogens is 2. The molecule has 0 radical (unpaired) electrons. The first-order valence-electron chi connectivity index (χ1n) is 14.1. The largest absolute Gasteiger partial charge is 0.490 e. The second-order valence-electron chi connectivity index (χ2n) is 9.91. The minimum absolute atomic E-state index is 0.239. The van der Waals surface area contributed by atoms with Gasteiger partial charge >= 0.3 is 0 Å². The van der Waals surface area contributed by atoms with Crippen molar-refractivity contribution in [2.24, 2.45) is 5.10 Å². The molecule has 5 rings (SSSR count). The van der Waals surface area contributed by atoms with Crippen LogP contribution in [0.15, 0.2) is 99.9 Å².